The lowest BCUT2D eigenvalue weighted by molar-refractivity contribution is -0.141. The van der Waals surface area contributed by atoms with Crippen LogP contribution in [0, 0.1) is 0 Å². The molecule has 0 aromatic carbocycles. The van der Waals surface area contributed by atoms with Gasteiger partial charge in [-0.2, -0.15) is 0 Å². The Morgan fingerprint density at radius 2 is 1.94 bits per heavy atom. The molecule has 100 valence electrons. The Bertz CT molecular complexity index is 320. The molecule has 1 fully saturated rings. The normalized spacial score (nSPS) is 31.2. The fourth-order valence-electron chi connectivity index (χ4n) is 1.65. The van der Waals surface area contributed by atoms with Gasteiger partial charge in [0.2, 0.25) is 0 Å². The number of likely N-dealkylation sites (N-methyl/N-ethyl adjacent to an activating group) is 1. The van der Waals surface area contributed by atoms with Crippen molar-refractivity contribution in [3.63, 3.8) is 0 Å². The maximum Gasteiger partial charge on any atom is 0.252 e. The van der Waals surface area contributed by atoms with Crippen molar-refractivity contribution >= 4 is 14.2 Å². The number of carbonyl (C=O) groups excluding carboxylic acids is 1. The molecular weight excluding hydrogens is 234 g/mol. The summed E-state index contributed by atoms with van der Waals surface area (Å²) in [7, 11) is -0.340. The Morgan fingerprint density at radius 1 is 1.47 bits per heavy atom. The predicted octanol–water partition coefficient (Wildman–Crippen LogP) is 1.95. The average molecular weight is 259 g/mol. The van der Waals surface area contributed by atoms with Gasteiger partial charge in [-0.3, -0.25) is 4.79 Å². The summed E-state index contributed by atoms with van der Waals surface area (Å²) in [4.78, 5) is 13.4. The fraction of sp³-hybridized carbons (Fsp3) is 0.917. The third kappa shape index (κ3) is 2.72. The Morgan fingerprint density at radius 3 is 2.24 bits per heavy atom. The molecular formula is C12H25NO3Si. The zero-order chi connectivity index (χ0) is 13.6. The average Bonchev–Trinajstić information content (AvgIpc) is 2.27. The summed E-state index contributed by atoms with van der Waals surface area (Å²) in [5.74, 6) is -0.111. The fourth-order valence-corrected chi connectivity index (χ4v) is 2.90. The molecule has 0 saturated carbocycles. The highest BCUT2D eigenvalue weighted by molar-refractivity contribution is 6.74. The van der Waals surface area contributed by atoms with Gasteiger partial charge < -0.3 is 14.4 Å². The van der Waals surface area contributed by atoms with Crippen molar-refractivity contribution < 1.29 is 14.3 Å². The zero-order valence-corrected chi connectivity index (χ0v) is 13.0. The minimum atomic E-state index is -1.96. The van der Waals surface area contributed by atoms with Gasteiger partial charge in [0.05, 0.1) is 0 Å². The highest BCUT2D eigenvalue weighted by Crippen LogP contribution is 2.40. The van der Waals surface area contributed by atoms with Crippen LogP contribution in [0.5, 0.6) is 0 Å². The van der Waals surface area contributed by atoms with Crippen molar-refractivity contribution in [1.29, 1.82) is 0 Å². The van der Waals surface area contributed by atoms with Crippen LogP contribution in [0.15, 0.2) is 0 Å². The smallest absolute Gasteiger partial charge is 0.252 e. The molecule has 2 atom stereocenters. The van der Waals surface area contributed by atoms with E-state index < -0.39 is 20.1 Å². The number of hydrogen-bond donors (Lipinski definition) is 1. The summed E-state index contributed by atoms with van der Waals surface area (Å²) >= 11 is 0. The Balaban J connectivity index is 2.82. The number of hydrogen-bond acceptors (Lipinski definition) is 3. The lowest BCUT2D eigenvalue weighted by Gasteiger charge is -2.37. The molecule has 0 spiro atoms. The van der Waals surface area contributed by atoms with E-state index in [9.17, 15) is 9.90 Å². The first-order valence-corrected chi connectivity index (χ1v) is 8.97. The van der Waals surface area contributed by atoms with Gasteiger partial charge in [0.15, 0.2) is 8.32 Å². The molecule has 0 bridgehead atoms. The van der Waals surface area contributed by atoms with E-state index in [1.165, 1.54) is 4.90 Å². The molecule has 4 nitrogen and oxygen atoms in total. The third-order valence-electron chi connectivity index (χ3n) is 4.14. The lowest BCUT2D eigenvalue weighted by atomic mass is 10.2. The molecule has 1 aliphatic rings. The molecule has 1 amide bonds. The van der Waals surface area contributed by atoms with Crippen molar-refractivity contribution in [3.8, 4) is 0 Å². The molecule has 0 aromatic rings. The second-order valence-electron chi connectivity index (χ2n) is 6.69. The summed E-state index contributed by atoms with van der Waals surface area (Å²) in [6.45, 7) is 12.3. The van der Waals surface area contributed by atoms with Gasteiger partial charge in [0.1, 0.15) is 11.8 Å². The molecule has 1 heterocycles. The Labute approximate surface area is 105 Å². The van der Waals surface area contributed by atoms with Crippen LogP contribution in [0.25, 0.3) is 0 Å². The zero-order valence-electron chi connectivity index (χ0n) is 12.0. The Kier molecular flexibility index (Phi) is 3.51. The standard InChI is InChI=1S/C12H25NO3Si/c1-11(2,3)17(6,7)16-9-8-12(4,15)13(5)10(9)14/h9,15H,8H2,1-7H3/t9-,12+/m0/s1. The van der Waals surface area contributed by atoms with Gasteiger partial charge >= 0.3 is 0 Å². The highest BCUT2D eigenvalue weighted by Gasteiger charge is 2.49. The van der Waals surface area contributed by atoms with Gasteiger partial charge in [-0.25, -0.2) is 0 Å². The van der Waals surface area contributed by atoms with E-state index in [1.54, 1.807) is 14.0 Å². The number of carbonyl (C=O) groups is 1. The number of aliphatic hydroxyl groups is 1. The molecule has 1 rings (SSSR count). The van der Waals surface area contributed by atoms with Crippen molar-refractivity contribution in [3.05, 3.63) is 0 Å². The van der Waals surface area contributed by atoms with Crippen molar-refractivity contribution in [2.75, 3.05) is 7.05 Å². The van der Waals surface area contributed by atoms with E-state index in [4.69, 9.17) is 4.43 Å². The predicted molar refractivity (Wildman–Crippen MR) is 70.1 cm³/mol. The van der Waals surface area contributed by atoms with Crippen molar-refractivity contribution in [2.45, 2.75) is 64.1 Å². The first kappa shape index (κ1) is 14.7. The molecule has 17 heavy (non-hydrogen) atoms. The van der Waals surface area contributed by atoms with Gasteiger partial charge in [-0.1, -0.05) is 20.8 Å². The summed E-state index contributed by atoms with van der Waals surface area (Å²) in [5, 5.41) is 10.1. The molecule has 1 N–H and O–H groups in total. The van der Waals surface area contributed by atoms with Crippen LogP contribution < -0.4 is 0 Å². The van der Waals surface area contributed by atoms with E-state index in [2.05, 4.69) is 33.9 Å². The maximum atomic E-state index is 12.0. The van der Waals surface area contributed by atoms with Gasteiger partial charge in [-0.15, -0.1) is 0 Å². The van der Waals surface area contributed by atoms with Crippen LogP contribution in [0.4, 0.5) is 0 Å². The molecule has 1 saturated heterocycles. The summed E-state index contributed by atoms with van der Waals surface area (Å²) in [6, 6.07) is 0. The van der Waals surface area contributed by atoms with E-state index in [0.29, 0.717) is 6.42 Å². The molecule has 0 aromatic heterocycles. The second kappa shape index (κ2) is 4.07. The van der Waals surface area contributed by atoms with Crippen molar-refractivity contribution in [1.82, 2.24) is 4.90 Å². The van der Waals surface area contributed by atoms with Crippen molar-refractivity contribution in [2.24, 2.45) is 0 Å². The third-order valence-corrected chi connectivity index (χ3v) is 8.63. The number of amides is 1. The van der Waals surface area contributed by atoms with E-state index >= 15 is 0 Å². The van der Waals surface area contributed by atoms with Crippen LogP contribution in [-0.4, -0.2) is 43.1 Å². The van der Waals surface area contributed by atoms with Crippen LogP contribution in [0.1, 0.15) is 34.1 Å². The van der Waals surface area contributed by atoms with Gasteiger partial charge in [0.25, 0.3) is 5.91 Å². The summed E-state index contributed by atoms with van der Waals surface area (Å²) < 4.78 is 6.07. The molecule has 0 radical (unpaired) electrons. The minimum Gasteiger partial charge on any atom is -0.405 e. The highest BCUT2D eigenvalue weighted by atomic mass is 28.4. The summed E-state index contributed by atoms with van der Waals surface area (Å²) in [5.41, 5.74) is -1.08. The van der Waals surface area contributed by atoms with Crippen LogP contribution in [0.3, 0.4) is 0 Å². The van der Waals surface area contributed by atoms with Crippen LogP contribution >= 0.6 is 0 Å². The molecule has 5 heteroatoms. The first-order valence-electron chi connectivity index (χ1n) is 6.06. The molecule has 0 unspecified atom stereocenters. The van der Waals surface area contributed by atoms with Crippen LogP contribution in [0.2, 0.25) is 18.1 Å². The number of rotatable bonds is 2. The molecule has 1 aliphatic heterocycles. The topological polar surface area (TPSA) is 49.8 Å². The first-order chi connectivity index (χ1) is 7.38. The van der Waals surface area contributed by atoms with E-state index in [1.807, 2.05) is 0 Å². The summed E-state index contributed by atoms with van der Waals surface area (Å²) in [6.07, 6.45) is -0.134. The lowest BCUT2D eigenvalue weighted by Crippen LogP contribution is -2.45. The quantitative estimate of drug-likeness (QED) is 0.771. The van der Waals surface area contributed by atoms with Crippen LogP contribution in [-0.2, 0) is 9.22 Å². The number of nitrogens with zero attached hydrogens (tertiary/aromatic N) is 1. The molecule has 0 aliphatic carbocycles. The van der Waals surface area contributed by atoms with E-state index in [-0.39, 0.29) is 10.9 Å². The maximum absolute atomic E-state index is 12.0. The number of likely N-dealkylation sites (tertiary alicyclic amines) is 1. The monoisotopic (exact) mass is 259 g/mol. The van der Waals surface area contributed by atoms with Gasteiger partial charge in [-0.05, 0) is 25.1 Å². The largest absolute Gasteiger partial charge is 0.405 e. The second-order valence-corrected chi connectivity index (χ2v) is 11.4. The Hall–Kier alpha value is -0.393. The minimum absolute atomic E-state index is 0.0697. The van der Waals surface area contributed by atoms with E-state index in [0.717, 1.165) is 0 Å². The SMILES string of the molecule is CN1C(=O)[C@@H](O[Si](C)(C)C(C)(C)C)C[C@@]1(C)O. The van der Waals surface area contributed by atoms with Gasteiger partial charge in [0, 0.05) is 13.5 Å².